The molecule has 0 aliphatic heterocycles. The summed E-state index contributed by atoms with van der Waals surface area (Å²) in [5.74, 6) is 0.301. The van der Waals surface area contributed by atoms with Crippen LogP contribution in [0.25, 0.3) is 33.8 Å². The lowest BCUT2D eigenvalue weighted by Gasteiger charge is -2.47. The number of H-pyrrole nitrogens is 1. The molecule has 2 heterocycles. The first-order chi connectivity index (χ1) is 17.3. The topological polar surface area (TPSA) is 90.9 Å². The van der Waals surface area contributed by atoms with E-state index in [1.807, 2.05) is 36.4 Å². The standard InChI is InChI=1S/C28H28ClFN4O2/c1-28(30)12-18-19(14-31-25(18)20(29)13-28)26-32-21(15-5-3-2-4-6-15)11-22(34-26)33-24-17-9-7-16(8-10-17)23(24)27(35)36/h2-6,11-12,14,16-17,23-24,31H,7-10,13H2,1H3,(H,35,36)(H,32,33,34). The van der Waals surface area contributed by atoms with Crippen molar-refractivity contribution in [1.82, 2.24) is 15.0 Å². The number of benzene rings is 1. The normalized spacial score (nSPS) is 28.9. The van der Waals surface area contributed by atoms with E-state index in [1.54, 1.807) is 12.3 Å². The number of hydrogen-bond donors (Lipinski definition) is 3. The Bertz CT molecular complexity index is 1440. The molecule has 3 saturated carbocycles. The third kappa shape index (κ3) is 4.09. The van der Waals surface area contributed by atoms with Crippen molar-refractivity contribution < 1.29 is 14.3 Å². The number of hydrogen-bond acceptors (Lipinski definition) is 4. The van der Waals surface area contributed by atoms with Gasteiger partial charge in [0.25, 0.3) is 0 Å². The summed E-state index contributed by atoms with van der Waals surface area (Å²) in [7, 11) is 0. The van der Waals surface area contributed by atoms with E-state index in [0.717, 1.165) is 31.2 Å². The summed E-state index contributed by atoms with van der Waals surface area (Å²) in [4.78, 5) is 25.0. The largest absolute Gasteiger partial charge is 0.481 e. The zero-order valence-corrected chi connectivity index (χ0v) is 20.7. The van der Waals surface area contributed by atoms with Crippen LogP contribution in [0.3, 0.4) is 0 Å². The molecule has 0 radical (unpaired) electrons. The lowest BCUT2D eigenvalue weighted by Crippen LogP contribution is -2.51. The average molecular weight is 507 g/mol. The SMILES string of the molecule is CC1(F)C=c2c(-c3nc(NC4C5CCC(CC5)C4C(=O)O)cc(-c4ccccc4)n3)c[nH]c2=C(Cl)C1. The zero-order chi connectivity index (χ0) is 25.0. The molecule has 3 N–H and O–H groups in total. The second-order valence-electron chi connectivity index (χ2n) is 10.5. The Kier molecular flexibility index (Phi) is 5.63. The fourth-order valence-corrected chi connectivity index (χ4v) is 6.74. The molecule has 0 spiro atoms. The number of nitrogens with zero attached hydrogens (tertiary/aromatic N) is 2. The number of halogens is 2. The van der Waals surface area contributed by atoms with Crippen molar-refractivity contribution in [3.8, 4) is 22.6 Å². The number of fused-ring (bicyclic) bond motifs is 4. The molecular weight excluding hydrogens is 479 g/mol. The fraction of sp³-hybridized carbons (Fsp3) is 0.393. The van der Waals surface area contributed by atoms with Crippen molar-refractivity contribution in [2.75, 3.05) is 5.32 Å². The highest BCUT2D eigenvalue weighted by Gasteiger charge is 2.47. The number of carbonyl (C=O) groups is 1. The van der Waals surface area contributed by atoms with Crippen LogP contribution < -0.4 is 15.9 Å². The monoisotopic (exact) mass is 506 g/mol. The molecule has 2 bridgehead atoms. The Morgan fingerprint density at radius 2 is 1.89 bits per heavy atom. The number of aromatic amines is 1. The van der Waals surface area contributed by atoms with Gasteiger partial charge in [-0.3, -0.25) is 4.79 Å². The van der Waals surface area contributed by atoms with Crippen molar-refractivity contribution >= 4 is 34.5 Å². The van der Waals surface area contributed by atoms with E-state index in [-0.39, 0.29) is 18.4 Å². The number of carboxylic acid groups (broad SMARTS) is 1. The number of aromatic nitrogens is 3. The number of nitrogens with one attached hydrogen (secondary N) is 2. The summed E-state index contributed by atoms with van der Waals surface area (Å²) in [6.45, 7) is 1.51. The van der Waals surface area contributed by atoms with Gasteiger partial charge in [-0.2, -0.15) is 0 Å². The van der Waals surface area contributed by atoms with Crippen LogP contribution in [0.1, 0.15) is 39.0 Å². The molecule has 4 aliphatic carbocycles. The van der Waals surface area contributed by atoms with Crippen molar-refractivity contribution in [2.45, 2.75) is 50.7 Å². The van der Waals surface area contributed by atoms with E-state index in [0.29, 0.717) is 44.4 Å². The first kappa shape index (κ1) is 23.2. The predicted molar refractivity (Wildman–Crippen MR) is 138 cm³/mol. The maximum absolute atomic E-state index is 15.0. The minimum absolute atomic E-state index is 0.111. The molecule has 3 atom stereocenters. The van der Waals surface area contributed by atoms with Crippen LogP contribution >= 0.6 is 11.6 Å². The number of carboxylic acids is 1. The van der Waals surface area contributed by atoms with E-state index >= 15 is 4.39 Å². The van der Waals surface area contributed by atoms with Gasteiger partial charge in [-0.05, 0) is 50.5 Å². The Labute approximate surface area is 213 Å². The number of rotatable bonds is 5. The summed E-state index contributed by atoms with van der Waals surface area (Å²) in [5, 5.41) is 15.3. The molecule has 0 saturated heterocycles. The Morgan fingerprint density at radius 3 is 2.61 bits per heavy atom. The highest BCUT2D eigenvalue weighted by molar-refractivity contribution is 6.45. The average Bonchev–Trinajstić information content (AvgIpc) is 3.28. The molecule has 2 aromatic heterocycles. The van der Waals surface area contributed by atoms with Crippen molar-refractivity contribution in [1.29, 1.82) is 0 Å². The van der Waals surface area contributed by atoms with E-state index in [1.165, 1.54) is 6.92 Å². The Balaban J connectivity index is 1.48. The molecular formula is C28H28ClFN4O2. The van der Waals surface area contributed by atoms with Gasteiger partial charge >= 0.3 is 5.97 Å². The second kappa shape index (κ2) is 8.73. The van der Waals surface area contributed by atoms with Crippen LogP contribution in [0.4, 0.5) is 10.2 Å². The third-order valence-electron chi connectivity index (χ3n) is 7.99. The Hall–Kier alpha value is -3.19. The molecule has 4 aliphatic rings. The minimum Gasteiger partial charge on any atom is -0.481 e. The summed E-state index contributed by atoms with van der Waals surface area (Å²) in [6.07, 6.45) is 7.44. The van der Waals surface area contributed by atoms with E-state index in [9.17, 15) is 9.90 Å². The fourth-order valence-electron chi connectivity index (χ4n) is 6.32. The molecule has 0 amide bonds. The molecule has 3 aromatic rings. The van der Waals surface area contributed by atoms with Gasteiger partial charge in [-0.25, -0.2) is 14.4 Å². The van der Waals surface area contributed by atoms with Gasteiger partial charge in [0.2, 0.25) is 0 Å². The zero-order valence-electron chi connectivity index (χ0n) is 20.0. The minimum atomic E-state index is -1.57. The second-order valence-corrected chi connectivity index (χ2v) is 11.0. The van der Waals surface area contributed by atoms with Gasteiger partial charge < -0.3 is 15.4 Å². The molecule has 3 unspecified atom stereocenters. The summed E-state index contributed by atoms with van der Waals surface area (Å²) in [6, 6.07) is 11.5. The molecule has 3 fully saturated rings. The number of aliphatic carboxylic acids is 1. The van der Waals surface area contributed by atoms with E-state index in [4.69, 9.17) is 21.6 Å². The van der Waals surface area contributed by atoms with Gasteiger partial charge in [-0.15, -0.1) is 0 Å². The number of alkyl halides is 1. The molecule has 7 rings (SSSR count). The highest BCUT2D eigenvalue weighted by atomic mass is 35.5. The molecule has 36 heavy (non-hydrogen) atoms. The van der Waals surface area contributed by atoms with Crippen LogP contribution in [0.15, 0.2) is 42.6 Å². The van der Waals surface area contributed by atoms with Crippen molar-refractivity contribution in [3.05, 3.63) is 53.2 Å². The highest BCUT2D eigenvalue weighted by Crippen LogP contribution is 2.46. The smallest absolute Gasteiger partial charge is 0.308 e. The van der Waals surface area contributed by atoms with Crippen molar-refractivity contribution in [3.63, 3.8) is 0 Å². The van der Waals surface area contributed by atoms with Crippen LogP contribution in [-0.2, 0) is 4.79 Å². The van der Waals surface area contributed by atoms with E-state index < -0.39 is 17.6 Å². The first-order valence-electron chi connectivity index (χ1n) is 12.5. The van der Waals surface area contributed by atoms with Crippen LogP contribution in [0, 0.1) is 17.8 Å². The van der Waals surface area contributed by atoms with Crippen molar-refractivity contribution in [2.24, 2.45) is 17.8 Å². The van der Waals surface area contributed by atoms with Gasteiger partial charge in [0.15, 0.2) is 5.82 Å². The lowest BCUT2D eigenvalue weighted by atomic mass is 9.61. The summed E-state index contributed by atoms with van der Waals surface area (Å²) < 4.78 is 15.0. The maximum Gasteiger partial charge on any atom is 0.308 e. The third-order valence-corrected chi connectivity index (χ3v) is 8.32. The Morgan fingerprint density at radius 1 is 1.17 bits per heavy atom. The van der Waals surface area contributed by atoms with Gasteiger partial charge in [-0.1, -0.05) is 41.9 Å². The molecule has 6 nitrogen and oxygen atoms in total. The van der Waals surface area contributed by atoms with Crippen LogP contribution in [0.2, 0.25) is 0 Å². The first-order valence-corrected chi connectivity index (χ1v) is 12.9. The quantitative estimate of drug-likeness (QED) is 0.466. The van der Waals surface area contributed by atoms with Gasteiger partial charge in [0.1, 0.15) is 11.5 Å². The van der Waals surface area contributed by atoms with Crippen LogP contribution in [-0.4, -0.2) is 37.7 Å². The van der Waals surface area contributed by atoms with Gasteiger partial charge in [0.05, 0.1) is 17.0 Å². The molecule has 1 aromatic carbocycles. The predicted octanol–water partition coefficient (Wildman–Crippen LogP) is 4.70. The summed E-state index contributed by atoms with van der Waals surface area (Å²) in [5.41, 5.74) is 0.708. The van der Waals surface area contributed by atoms with Crippen LogP contribution in [0.5, 0.6) is 0 Å². The van der Waals surface area contributed by atoms with E-state index in [2.05, 4.69) is 10.3 Å². The molecule has 186 valence electrons. The summed E-state index contributed by atoms with van der Waals surface area (Å²) >= 11 is 6.42. The number of anilines is 1. The molecule has 8 heteroatoms. The van der Waals surface area contributed by atoms with Gasteiger partial charge in [0, 0.05) is 46.1 Å². The lowest BCUT2D eigenvalue weighted by molar-refractivity contribution is -0.148. The maximum atomic E-state index is 15.0.